The number of rotatable bonds is 2. The lowest BCUT2D eigenvalue weighted by molar-refractivity contribution is 0.393. The largest absolute Gasteiger partial charge is 0.328 e. The summed E-state index contributed by atoms with van der Waals surface area (Å²) in [5, 5.41) is 1.84. The molecule has 0 spiro atoms. The van der Waals surface area contributed by atoms with E-state index in [1.165, 1.54) is 44.9 Å². The van der Waals surface area contributed by atoms with Crippen molar-refractivity contribution in [3.8, 4) is 0 Å². The van der Waals surface area contributed by atoms with E-state index in [0.29, 0.717) is 6.04 Å². The highest BCUT2D eigenvalue weighted by Crippen LogP contribution is 2.38. The Labute approximate surface area is 92.2 Å². The highest BCUT2D eigenvalue weighted by molar-refractivity contribution is 8.00. The van der Waals surface area contributed by atoms with Crippen molar-refractivity contribution in [2.45, 2.75) is 68.4 Å². The summed E-state index contributed by atoms with van der Waals surface area (Å²) in [6, 6.07) is 0.508. The van der Waals surface area contributed by atoms with Gasteiger partial charge in [0.25, 0.3) is 0 Å². The zero-order valence-corrected chi connectivity index (χ0v) is 10.1. The number of hydrogen-bond acceptors (Lipinski definition) is 2. The van der Waals surface area contributed by atoms with Crippen LogP contribution in [0, 0.1) is 5.92 Å². The fraction of sp³-hybridized carbons (Fsp3) is 1.00. The van der Waals surface area contributed by atoms with Gasteiger partial charge in [-0.25, -0.2) is 0 Å². The number of thioether (sulfide) groups is 1. The van der Waals surface area contributed by atoms with Crippen molar-refractivity contribution in [1.29, 1.82) is 0 Å². The van der Waals surface area contributed by atoms with Crippen molar-refractivity contribution >= 4 is 11.8 Å². The standard InChI is InChI=1S/C12H23NS/c1-9-3-2-4-11(7-9)14-12-6-5-10(13)8-12/h9-12H,2-8,13H2,1H3. The van der Waals surface area contributed by atoms with E-state index in [-0.39, 0.29) is 0 Å². The molecule has 0 amide bonds. The van der Waals surface area contributed by atoms with Crippen LogP contribution in [0.25, 0.3) is 0 Å². The van der Waals surface area contributed by atoms with E-state index in [1.54, 1.807) is 0 Å². The topological polar surface area (TPSA) is 26.0 Å². The Morgan fingerprint density at radius 2 is 1.79 bits per heavy atom. The molecular weight excluding hydrogens is 190 g/mol. The molecule has 4 atom stereocenters. The van der Waals surface area contributed by atoms with Crippen LogP contribution in [0.3, 0.4) is 0 Å². The SMILES string of the molecule is CC1CCCC(SC2CCC(N)C2)C1. The molecule has 0 aromatic heterocycles. The van der Waals surface area contributed by atoms with E-state index in [9.17, 15) is 0 Å². The summed E-state index contributed by atoms with van der Waals surface area (Å²) in [5.74, 6) is 0.969. The minimum atomic E-state index is 0.508. The number of hydrogen-bond donors (Lipinski definition) is 1. The monoisotopic (exact) mass is 213 g/mol. The Morgan fingerprint density at radius 3 is 2.43 bits per heavy atom. The second-order valence-corrected chi connectivity index (χ2v) is 6.83. The maximum Gasteiger partial charge on any atom is 0.00651 e. The van der Waals surface area contributed by atoms with E-state index >= 15 is 0 Å². The summed E-state index contributed by atoms with van der Waals surface area (Å²) in [5.41, 5.74) is 5.94. The van der Waals surface area contributed by atoms with Gasteiger partial charge in [-0.15, -0.1) is 0 Å². The van der Waals surface area contributed by atoms with E-state index in [0.717, 1.165) is 16.4 Å². The van der Waals surface area contributed by atoms with Crippen molar-refractivity contribution in [1.82, 2.24) is 0 Å². The first-order valence-corrected chi connectivity index (χ1v) is 7.09. The molecule has 0 aromatic carbocycles. The van der Waals surface area contributed by atoms with Gasteiger partial charge in [-0.1, -0.05) is 19.8 Å². The molecule has 0 aliphatic heterocycles. The van der Waals surface area contributed by atoms with Crippen molar-refractivity contribution in [2.24, 2.45) is 11.7 Å². The molecule has 0 radical (unpaired) electrons. The highest BCUT2D eigenvalue weighted by atomic mass is 32.2. The van der Waals surface area contributed by atoms with Crippen LogP contribution >= 0.6 is 11.8 Å². The first-order valence-electron chi connectivity index (χ1n) is 6.15. The van der Waals surface area contributed by atoms with Gasteiger partial charge in [0.05, 0.1) is 0 Å². The van der Waals surface area contributed by atoms with Crippen LogP contribution in [0.2, 0.25) is 0 Å². The molecule has 2 saturated carbocycles. The quantitative estimate of drug-likeness (QED) is 0.762. The van der Waals surface area contributed by atoms with Crippen molar-refractivity contribution in [3.05, 3.63) is 0 Å². The molecule has 2 aliphatic carbocycles. The van der Waals surface area contributed by atoms with Gasteiger partial charge in [0.1, 0.15) is 0 Å². The zero-order valence-electron chi connectivity index (χ0n) is 9.24. The van der Waals surface area contributed by atoms with Gasteiger partial charge >= 0.3 is 0 Å². The van der Waals surface area contributed by atoms with Crippen LogP contribution < -0.4 is 5.73 Å². The van der Waals surface area contributed by atoms with Crippen LogP contribution in [0.1, 0.15) is 51.9 Å². The Bertz CT molecular complexity index is 183. The summed E-state index contributed by atoms with van der Waals surface area (Å²) in [6.07, 6.45) is 9.74. The summed E-state index contributed by atoms with van der Waals surface area (Å²) >= 11 is 2.26. The van der Waals surface area contributed by atoms with Crippen LogP contribution in [-0.2, 0) is 0 Å². The van der Waals surface area contributed by atoms with Crippen LogP contribution in [-0.4, -0.2) is 16.5 Å². The molecule has 1 nitrogen and oxygen atoms in total. The van der Waals surface area contributed by atoms with Crippen molar-refractivity contribution in [2.75, 3.05) is 0 Å². The maximum atomic E-state index is 5.94. The van der Waals surface area contributed by atoms with Crippen LogP contribution in [0.5, 0.6) is 0 Å². The van der Waals surface area contributed by atoms with E-state index in [2.05, 4.69) is 18.7 Å². The normalized spacial score (nSPS) is 44.1. The van der Waals surface area contributed by atoms with E-state index in [4.69, 9.17) is 5.73 Å². The fourth-order valence-electron chi connectivity index (χ4n) is 2.87. The van der Waals surface area contributed by atoms with Gasteiger partial charge in [-0.3, -0.25) is 0 Å². The minimum Gasteiger partial charge on any atom is -0.328 e. The Hall–Kier alpha value is 0.310. The maximum absolute atomic E-state index is 5.94. The lowest BCUT2D eigenvalue weighted by atomic mass is 9.91. The Kier molecular flexibility index (Phi) is 3.78. The van der Waals surface area contributed by atoms with Gasteiger partial charge in [0.2, 0.25) is 0 Å². The molecule has 2 heteroatoms. The van der Waals surface area contributed by atoms with E-state index < -0.39 is 0 Å². The third-order valence-electron chi connectivity index (χ3n) is 3.70. The molecule has 0 aromatic rings. The lowest BCUT2D eigenvalue weighted by Crippen LogP contribution is -2.19. The van der Waals surface area contributed by atoms with Gasteiger partial charge < -0.3 is 5.73 Å². The highest BCUT2D eigenvalue weighted by Gasteiger charge is 2.27. The van der Waals surface area contributed by atoms with Gasteiger partial charge in [0.15, 0.2) is 0 Å². The predicted octanol–water partition coefficient (Wildman–Crippen LogP) is 3.18. The number of nitrogens with two attached hydrogens (primary N) is 1. The minimum absolute atomic E-state index is 0.508. The van der Waals surface area contributed by atoms with Crippen LogP contribution in [0.15, 0.2) is 0 Å². The zero-order chi connectivity index (χ0) is 9.97. The average molecular weight is 213 g/mol. The summed E-state index contributed by atoms with van der Waals surface area (Å²) in [6.45, 7) is 2.41. The lowest BCUT2D eigenvalue weighted by Gasteiger charge is -2.28. The predicted molar refractivity (Wildman–Crippen MR) is 64.6 cm³/mol. The molecule has 0 heterocycles. The Balaban J connectivity index is 1.74. The molecule has 2 aliphatic rings. The molecule has 0 bridgehead atoms. The molecule has 82 valence electrons. The summed E-state index contributed by atoms with van der Waals surface area (Å²) in [4.78, 5) is 0. The van der Waals surface area contributed by atoms with Crippen LogP contribution in [0.4, 0.5) is 0 Å². The third kappa shape index (κ3) is 2.90. The van der Waals surface area contributed by atoms with Gasteiger partial charge in [-0.2, -0.15) is 11.8 Å². The molecule has 2 fully saturated rings. The summed E-state index contributed by atoms with van der Waals surface area (Å²) in [7, 11) is 0. The second-order valence-electron chi connectivity index (χ2n) is 5.23. The first kappa shape index (κ1) is 10.8. The Morgan fingerprint density at radius 1 is 1.00 bits per heavy atom. The molecular formula is C12H23NS. The summed E-state index contributed by atoms with van der Waals surface area (Å²) < 4.78 is 0. The first-order chi connectivity index (χ1) is 6.74. The fourth-order valence-corrected chi connectivity index (χ4v) is 4.79. The van der Waals surface area contributed by atoms with Gasteiger partial charge in [0, 0.05) is 16.5 Å². The molecule has 14 heavy (non-hydrogen) atoms. The molecule has 0 saturated heterocycles. The van der Waals surface area contributed by atoms with Crippen molar-refractivity contribution in [3.63, 3.8) is 0 Å². The molecule has 2 rings (SSSR count). The second kappa shape index (κ2) is 4.89. The molecule has 4 unspecified atom stereocenters. The van der Waals surface area contributed by atoms with E-state index in [1.807, 2.05) is 0 Å². The average Bonchev–Trinajstić information content (AvgIpc) is 2.51. The molecule has 2 N–H and O–H groups in total. The third-order valence-corrected chi connectivity index (χ3v) is 5.32. The van der Waals surface area contributed by atoms with Gasteiger partial charge in [-0.05, 0) is 38.0 Å². The van der Waals surface area contributed by atoms with Crippen molar-refractivity contribution < 1.29 is 0 Å². The smallest absolute Gasteiger partial charge is 0.00651 e.